The summed E-state index contributed by atoms with van der Waals surface area (Å²) in [4.78, 5) is 22.5. The number of hydrogen-bond acceptors (Lipinski definition) is 4. The third-order valence-corrected chi connectivity index (χ3v) is 9.35. The quantitative estimate of drug-likeness (QED) is 0.305. The van der Waals surface area contributed by atoms with Crippen molar-refractivity contribution >= 4 is 77.2 Å². The zero-order valence-electron chi connectivity index (χ0n) is 24.3. The number of hydrogen-bond donors (Lipinski definition) is 0. The number of nitrogens with zero attached hydrogens (tertiary/aromatic N) is 6. The van der Waals surface area contributed by atoms with Gasteiger partial charge in [-0.1, -0.05) is 111 Å². The Morgan fingerprint density at radius 1 is 0.659 bits per heavy atom. The first kappa shape index (κ1) is 23.9. The summed E-state index contributed by atoms with van der Waals surface area (Å²) in [6.07, 6.45) is 16.2. The van der Waals surface area contributed by atoms with Crippen molar-refractivity contribution in [3.8, 4) is 0 Å². The maximum absolute atomic E-state index is 5.63. The largest absolute Gasteiger partial charge is 0.227 e. The van der Waals surface area contributed by atoms with Crippen LogP contribution in [0.25, 0.3) is 77.2 Å². The molecule has 0 N–H and O–H groups in total. The van der Waals surface area contributed by atoms with E-state index in [1.54, 1.807) is 0 Å². The van der Waals surface area contributed by atoms with Crippen molar-refractivity contribution in [2.75, 3.05) is 0 Å². The lowest BCUT2D eigenvalue weighted by atomic mass is 10.1. The Balaban J connectivity index is 1.76. The van der Waals surface area contributed by atoms with Crippen LogP contribution in [0.4, 0.5) is 0 Å². The molecular formula is C38H26N6. The van der Waals surface area contributed by atoms with Crippen molar-refractivity contribution in [3.63, 3.8) is 0 Å². The highest BCUT2D eigenvalue weighted by atomic mass is 15.4. The molecular weight excluding hydrogens is 540 g/mol. The summed E-state index contributed by atoms with van der Waals surface area (Å²) in [5.41, 5.74) is 7.43. The smallest absolute Gasteiger partial charge is 0.163 e. The minimum atomic E-state index is 0.295. The van der Waals surface area contributed by atoms with E-state index in [0.717, 1.165) is 105 Å². The maximum Gasteiger partial charge on any atom is 0.163 e. The van der Waals surface area contributed by atoms with E-state index in [9.17, 15) is 0 Å². The highest BCUT2D eigenvalue weighted by Gasteiger charge is 2.27. The van der Waals surface area contributed by atoms with E-state index in [0.29, 0.717) is 5.92 Å². The predicted molar refractivity (Wildman–Crippen MR) is 179 cm³/mol. The second kappa shape index (κ2) is 8.26. The van der Waals surface area contributed by atoms with Crippen LogP contribution < -0.4 is 21.4 Å². The summed E-state index contributed by atoms with van der Waals surface area (Å²) in [6.45, 7) is 8.66. The fourth-order valence-corrected chi connectivity index (χ4v) is 7.36. The molecule has 11 rings (SSSR count). The third kappa shape index (κ3) is 2.76. The molecule has 0 amide bonds. The topological polar surface area (TPSA) is 60.4 Å². The molecule has 208 valence electrons. The summed E-state index contributed by atoms with van der Waals surface area (Å²) in [5.74, 6) is 0.295. The van der Waals surface area contributed by atoms with E-state index in [4.69, 9.17) is 19.9 Å². The van der Waals surface area contributed by atoms with Gasteiger partial charge in [0.15, 0.2) is 22.6 Å². The fraction of sp³-hybridized carbons (Fsp3) is 0.105. The Bertz CT molecular complexity index is 2760. The number of aromatic nitrogens is 6. The molecule has 6 heterocycles. The molecule has 12 bridgehead atoms. The molecule has 3 aliphatic carbocycles. The molecule has 0 saturated heterocycles. The lowest BCUT2D eigenvalue weighted by Crippen LogP contribution is -2.21. The van der Waals surface area contributed by atoms with Gasteiger partial charge in [0.05, 0.1) is 21.4 Å². The molecule has 2 aromatic carbocycles. The summed E-state index contributed by atoms with van der Waals surface area (Å²) in [5, 5.41) is 9.65. The monoisotopic (exact) mass is 566 g/mol. The van der Waals surface area contributed by atoms with Gasteiger partial charge in [-0.25, -0.2) is 29.0 Å². The molecule has 0 spiro atoms. The average Bonchev–Trinajstić information content (AvgIpc) is 3.70. The summed E-state index contributed by atoms with van der Waals surface area (Å²) in [7, 11) is 0. The average molecular weight is 567 g/mol. The SMILES string of the molecule is C=CC1=c2nc3c4ccccc4c4nc5c6c(nc7c8ccccc8c(nc(c26)=C1/C=C\CC)n7n43)=C1C=CC(C)C=CC=51. The van der Waals surface area contributed by atoms with Gasteiger partial charge in [-0.15, -0.1) is 0 Å². The fourth-order valence-electron chi connectivity index (χ4n) is 7.36. The molecule has 0 aliphatic heterocycles. The van der Waals surface area contributed by atoms with Crippen molar-refractivity contribution in [3.05, 3.63) is 119 Å². The lowest BCUT2D eigenvalue weighted by molar-refractivity contribution is 0.879. The number of benzene rings is 2. The van der Waals surface area contributed by atoms with Crippen molar-refractivity contribution in [1.29, 1.82) is 0 Å². The predicted octanol–water partition coefficient (Wildman–Crippen LogP) is 4.93. The van der Waals surface area contributed by atoms with Crippen molar-refractivity contribution in [2.24, 2.45) is 5.92 Å². The Morgan fingerprint density at radius 3 is 1.55 bits per heavy atom. The van der Waals surface area contributed by atoms with Crippen LogP contribution in [0.2, 0.25) is 0 Å². The van der Waals surface area contributed by atoms with Crippen LogP contribution in [0, 0.1) is 5.92 Å². The number of rotatable bonds is 3. The van der Waals surface area contributed by atoms with E-state index in [1.807, 2.05) is 6.08 Å². The Morgan fingerprint density at radius 2 is 1.09 bits per heavy atom. The van der Waals surface area contributed by atoms with Gasteiger partial charge in [0.25, 0.3) is 0 Å². The van der Waals surface area contributed by atoms with Gasteiger partial charge >= 0.3 is 0 Å². The van der Waals surface area contributed by atoms with Gasteiger partial charge in [0.2, 0.25) is 0 Å². The van der Waals surface area contributed by atoms with E-state index >= 15 is 0 Å². The van der Waals surface area contributed by atoms with E-state index in [2.05, 4.69) is 114 Å². The van der Waals surface area contributed by atoms with Crippen LogP contribution in [0.15, 0.2) is 97.6 Å². The van der Waals surface area contributed by atoms with Crippen LogP contribution in [0.5, 0.6) is 0 Å². The Kier molecular flexibility index (Phi) is 4.49. The number of allylic oxidation sites excluding steroid dienone is 7. The van der Waals surface area contributed by atoms with Gasteiger partial charge in [0, 0.05) is 54.6 Å². The van der Waals surface area contributed by atoms with Crippen LogP contribution in [-0.2, 0) is 0 Å². The standard InChI is InChI=1S/C38H26N6/c1-4-6-11-22-21(5-2)31-29-30-33-23-18-16-20(3)17-19-24(23)34(30)42-38-28-15-10-9-14-27(28)36(40-32(22)29)44(38)43-35(39-31)25-12-7-8-13-26(25)37(43)41-33/h5-20H,2,4H2,1,3H3/b11-6-,30-29?,39-31?,39-35?,40-32?,40-36?,41-33?,41-37?,42-34?,42-38?. The molecule has 1 atom stereocenters. The zero-order valence-corrected chi connectivity index (χ0v) is 24.3. The maximum atomic E-state index is 5.63. The Hall–Kier alpha value is -5.62. The van der Waals surface area contributed by atoms with Crippen LogP contribution in [-0.4, -0.2) is 29.0 Å². The molecule has 44 heavy (non-hydrogen) atoms. The van der Waals surface area contributed by atoms with Crippen LogP contribution in [0.3, 0.4) is 0 Å². The second-order valence-electron chi connectivity index (χ2n) is 11.8. The molecule has 0 radical (unpaired) electrons. The normalized spacial score (nSPS) is 17.3. The van der Waals surface area contributed by atoms with Gasteiger partial charge in [-0.2, -0.15) is 0 Å². The first-order valence-corrected chi connectivity index (χ1v) is 15.2. The lowest BCUT2D eigenvalue weighted by Gasteiger charge is -2.03. The minimum Gasteiger partial charge on any atom is -0.227 e. The summed E-state index contributed by atoms with van der Waals surface area (Å²) >= 11 is 0. The molecule has 8 aromatic rings. The second-order valence-corrected chi connectivity index (χ2v) is 11.8. The molecule has 6 heteroatoms. The van der Waals surface area contributed by atoms with E-state index in [1.165, 1.54) is 0 Å². The highest BCUT2D eigenvalue weighted by molar-refractivity contribution is 6.14. The molecule has 3 aliphatic rings. The highest BCUT2D eigenvalue weighted by Crippen LogP contribution is 2.32. The van der Waals surface area contributed by atoms with Gasteiger partial charge in [-0.3, -0.25) is 0 Å². The first-order chi connectivity index (χ1) is 21.7. The Labute approximate surface area is 251 Å². The van der Waals surface area contributed by atoms with Crippen molar-refractivity contribution < 1.29 is 0 Å². The summed E-state index contributed by atoms with van der Waals surface area (Å²) in [6, 6.07) is 16.9. The first-order valence-electron chi connectivity index (χ1n) is 15.2. The molecule has 0 fully saturated rings. The molecule has 1 unspecified atom stereocenters. The van der Waals surface area contributed by atoms with Crippen LogP contribution >= 0.6 is 0 Å². The molecule has 6 nitrogen and oxygen atoms in total. The van der Waals surface area contributed by atoms with Gasteiger partial charge < -0.3 is 0 Å². The van der Waals surface area contributed by atoms with Crippen LogP contribution in [0.1, 0.15) is 20.3 Å². The van der Waals surface area contributed by atoms with Crippen molar-refractivity contribution in [2.45, 2.75) is 20.3 Å². The van der Waals surface area contributed by atoms with Crippen molar-refractivity contribution in [1.82, 2.24) is 29.0 Å². The summed E-state index contributed by atoms with van der Waals surface area (Å²) < 4.78 is 4.30. The number of fused-ring (bicyclic) bond motifs is 3. The third-order valence-electron chi connectivity index (χ3n) is 9.35. The van der Waals surface area contributed by atoms with Gasteiger partial charge in [-0.05, 0) is 12.3 Å². The van der Waals surface area contributed by atoms with E-state index in [-0.39, 0.29) is 0 Å². The molecule has 0 saturated carbocycles. The molecule has 6 aromatic heterocycles. The van der Waals surface area contributed by atoms with Gasteiger partial charge in [0.1, 0.15) is 0 Å². The van der Waals surface area contributed by atoms with E-state index < -0.39 is 0 Å². The minimum absolute atomic E-state index is 0.295. The zero-order chi connectivity index (χ0) is 29.3.